The van der Waals surface area contributed by atoms with E-state index in [0.717, 1.165) is 16.7 Å². The molecule has 1 aliphatic heterocycles. The Labute approximate surface area is 164 Å². The SMILES string of the molecule is COc1cc(/C=C2\SC(=O)N(Cc3ccc(F)cc3)C2=O)ccc1OC(C)=O. The van der Waals surface area contributed by atoms with Gasteiger partial charge in [0.1, 0.15) is 5.82 Å². The lowest BCUT2D eigenvalue weighted by Gasteiger charge is -2.12. The Morgan fingerprint density at radius 1 is 1.14 bits per heavy atom. The minimum absolute atomic E-state index is 0.0665. The van der Waals surface area contributed by atoms with E-state index in [2.05, 4.69) is 0 Å². The molecule has 0 radical (unpaired) electrons. The number of amides is 2. The fourth-order valence-electron chi connectivity index (χ4n) is 2.57. The van der Waals surface area contributed by atoms with E-state index in [4.69, 9.17) is 9.47 Å². The predicted molar refractivity (Wildman–Crippen MR) is 102 cm³/mol. The molecule has 1 aliphatic rings. The largest absolute Gasteiger partial charge is 0.493 e. The van der Waals surface area contributed by atoms with E-state index in [0.29, 0.717) is 16.9 Å². The second-order valence-electron chi connectivity index (χ2n) is 5.90. The first-order valence-electron chi connectivity index (χ1n) is 8.23. The maximum atomic E-state index is 13.0. The third kappa shape index (κ3) is 4.40. The molecule has 1 heterocycles. The molecule has 2 amide bonds. The number of halogens is 1. The minimum atomic E-state index is -0.479. The van der Waals surface area contributed by atoms with Gasteiger partial charge >= 0.3 is 5.97 Å². The lowest BCUT2D eigenvalue weighted by Crippen LogP contribution is -2.27. The summed E-state index contributed by atoms with van der Waals surface area (Å²) in [6.45, 7) is 1.35. The van der Waals surface area contributed by atoms with Crippen molar-refractivity contribution in [1.82, 2.24) is 4.90 Å². The molecule has 0 saturated carbocycles. The lowest BCUT2D eigenvalue weighted by molar-refractivity contribution is -0.132. The van der Waals surface area contributed by atoms with Gasteiger partial charge in [-0.05, 0) is 53.2 Å². The average Bonchev–Trinajstić information content (AvgIpc) is 2.91. The zero-order valence-corrected chi connectivity index (χ0v) is 15.9. The van der Waals surface area contributed by atoms with Gasteiger partial charge in [-0.25, -0.2) is 4.39 Å². The molecule has 28 heavy (non-hydrogen) atoms. The van der Waals surface area contributed by atoms with E-state index in [1.165, 1.54) is 38.3 Å². The molecule has 1 saturated heterocycles. The van der Waals surface area contributed by atoms with Crippen molar-refractivity contribution in [3.8, 4) is 11.5 Å². The molecule has 6 nitrogen and oxygen atoms in total. The van der Waals surface area contributed by atoms with Crippen molar-refractivity contribution < 1.29 is 28.2 Å². The topological polar surface area (TPSA) is 72.9 Å². The molecule has 3 rings (SSSR count). The van der Waals surface area contributed by atoms with Gasteiger partial charge in [-0.3, -0.25) is 19.3 Å². The number of nitrogens with zero attached hydrogens (tertiary/aromatic N) is 1. The molecule has 8 heteroatoms. The number of carbonyl (C=O) groups is 3. The lowest BCUT2D eigenvalue weighted by atomic mass is 10.1. The molecule has 0 unspecified atom stereocenters. The van der Waals surface area contributed by atoms with Crippen LogP contribution in [0.4, 0.5) is 9.18 Å². The highest BCUT2D eigenvalue weighted by Gasteiger charge is 2.35. The molecule has 0 bridgehead atoms. The van der Waals surface area contributed by atoms with Gasteiger partial charge in [-0.15, -0.1) is 0 Å². The van der Waals surface area contributed by atoms with Gasteiger partial charge in [-0.2, -0.15) is 0 Å². The molecule has 1 fully saturated rings. The van der Waals surface area contributed by atoms with E-state index in [-0.39, 0.29) is 23.0 Å². The average molecular weight is 401 g/mol. The first-order chi connectivity index (χ1) is 13.4. The second kappa shape index (κ2) is 8.26. The van der Waals surface area contributed by atoms with Crippen molar-refractivity contribution in [3.63, 3.8) is 0 Å². The van der Waals surface area contributed by atoms with Gasteiger partial charge in [0.2, 0.25) is 0 Å². The molecule has 0 N–H and O–H groups in total. The maximum absolute atomic E-state index is 13.0. The molecule has 144 valence electrons. The number of methoxy groups -OCH3 is 1. The van der Waals surface area contributed by atoms with Crippen LogP contribution in [-0.2, 0) is 16.1 Å². The zero-order valence-electron chi connectivity index (χ0n) is 15.1. The number of benzene rings is 2. The van der Waals surface area contributed by atoms with Gasteiger partial charge in [0.05, 0.1) is 18.6 Å². The van der Waals surface area contributed by atoms with Crippen molar-refractivity contribution in [2.24, 2.45) is 0 Å². The van der Waals surface area contributed by atoms with Gasteiger partial charge in [0.25, 0.3) is 11.1 Å². The number of ether oxygens (including phenoxy) is 2. The fraction of sp³-hybridized carbons (Fsp3) is 0.150. The summed E-state index contributed by atoms with van der Waals surface area (Å²) < 4.78 is 23.3. The van der Waals surface area contributed by atoms with E-state index < -0.39 is 17.1 Å². The molecule has 0 aromatic heterocycles. The molecular weight excluding hydrogens is 385 g/mol. The number of hydrogen-bond acceptors (Lipinski definition) is 6. The Hall–Kier alpha value is -3.13. The van der Waals surface area contributed by atoms with Crippen LogP contribution in [0, 0.1) is 5.82 Å². The van der Waals surface area contributed by atoms with Crippen LogP contribution >= 0.6 is 11.8 Å². The van der Waals surface area contributed by atoms with Crippen molar-refractivity contribution in [1.29, 1.82) is 0 Å². The van der Waals surface area contributed by atoms with Crippen LogP contribution in [0.5, 0.6) is 11.5 Å². The van der Waals surface area contributed by atoms with Crippen LogP contribution in [0.25, 0.3) is 6.08 Å². The molecular formula is C20H16FNO5S. The van der Waals surface area contributed by atoms with Gasteiger partial charge in [-0.1, -0.05) is 18.2 Å². The summed E-state index contributed by atoms with van der Waals surface area (Å²) in [5.74, 6) is -0.703. The summed E-state index contributed by atoms with van der Waals surface area (Å²) in [4.78, 5) is 37.3. The van der Waals surface area contributed by atoms with Crippen LogP contribution in [0.2, 0.25) is 0 Å². The summed E-state index contributed by atoms with van der Waals surface area (Å²) in [5.41, 5.74) is 1.26. The third-order valence-electron chi connectivity index (χ3n) is 3.87. The highest BCUT2D eigenvalue weighted by Crippen LogP contribution is 2.35. The predicted octanol–water partition coefficient (Wildman–Crippen LogP) is 4.00. The van der Waals surface area contributed by atoms with Crippen LogP contribution in [0.15, 0.2) is 47.4 Å². The van der Waals surface area contributed by atoms with Crippen LogP contribution in [0.3, 0.4) is 0 Å². The molecule has 0 atom stereocenters. The quantitative estimate of drug-likeness (QED) is 0.428. The van der Waals surface area contributed by atoms with E-state index >= 15 is 0 Å². The zero-order chi connectivity index (χ0) is 20.3. The summed E-state index contributed by atoms with van der Waals surface area (Å²) in [6.07, 6.45) is 1.57. The van der Waals surface area contributed by atoms with Crippen LogP contribution in [0.1, 0.15) is 18.1 Å². The standard InChI is InChI=1S/C20H16FNO5S/c1-12(23)27-16-8-5-14(9-17(16)26-2)10-18-19(24)22(20(25)28-18)11-13-3-6-15(21)7-4-13/h3-10H,11H2,1-2H3/b18-10-. The summed E-state index contributed by atoms with van der Waals surface area (Å²) >= 11 is 0.826. The summed E-state index contributed by atoms with van der Waals surface area (Å²) in [6, 6.07) is 10.4. The van der Waals surface area contributed by atoms with Gasteiger partial charge in [0, 0.05) is 6.92 Å². The molecule has 0 spiro atoms. The second-order valence-corrected chi connectivity index (χ2v) is 6.89. The highest BCUT2D eigenvalue weighted by molar-refractivity contribution is 8.18. The van der Waals surface area contributed by atoms with Gasteiger partial charge < -0.3 is 9.47 Å². The highest BCUT2D eigenvalue weighted by atomic mass is 32.2. The first kappa shape index (κ1) is 19.6. The molecule has 0 aliphatic carbocycles. The number of imide groups is 1. The number of rotatable bonds is 5. The van der Waals surface area contributed by atoms with Crippen molar-refractivity contribution in [2.45, 2.75) is 13.5 Å². The minimum Gasteiger partial charge on any atom is -0.493 e. The van der Waals surface area contributed by atoms with Crippen molar-refractivity contribution in [2.75, 3.05) is 7.11 Å². The van der Waals surface area contributed by atoms with Crippen molar-refractivity contribution >= 4 is 35.0 Å². The number of carbonyl (C=O) groups excluding carboxylic acids is 3. The van der Waals surface area contributed by atoms with Gasteiger partial charge in [0.15, 0.2) is 11.5 Å². The fourth-order valence-corrected chi connectivity index (χ4v) is 3.41. The maximum Gasteiger partial charge on any atom is 0.308 e. The third-order valence-corrected chi connectivity index (χ3v) is 4.77. The Kier molecular flexibility index (Phi) is 5.79. The number of thioether (sulfide) groups is 1. The van der Waals surface area contributed by atoms with E-state index in [9.17, 15) is 18.8 Å². The summed E-state index contributed by atoms with van der Waals surface area (Å²) in [5, 5.41) is -0.399. The Morgan fingerprint density at radius 3 is 2.50 bits per heavy atom. The normalized spacial score (nSPS) is 15.2. The monoisotopic (exact) mass is 401 g/mol. The Morgan fingerprint density at radius 2 is 1.86 bits per heavy atom. The molecule has 2 aromatic carbocycles. The smallest absolute Gasteiger partial charge is 0.308 e. The van der Waals surface area contributed by atoms with Crippen LogP contribution < -0.4 is 9.47 Å². The molecule has 2 aromatic rings. The first-order valence-corrected chi connectivity index (χ1v) is 9.05. The summed E-state index contributed by atoms with van der Waals surface area (Å²) in [7, 11) is 1.43. The number of hydrogen-bond donors (Lipinski definition) is 0. The van der Waals surface area contributed by atoms with E-state index in [1.807, 2.05) is 0 Å². The number of esters is 1. The van der Waals surface area contributed by atoms with Crippen molar-refractivity contribution in [3.05, 3.63) is 64.3 Å². The van der Waals surface area contributed by atoms with E-state index in [1.54, 1.807) is 24.3 Å². The van der Waals surface area contributed by atoms with Crippen LogP contribution in [-0.4, -0.2) is 29.1 Å². The Bertz CT molecular complexity index is 971. The Balaban J connectivity index is 1.81.